The fraction of sp³-hybridized carbons (Fsp3) is 1.00. The Morgan fingerprint density at radius 1 is 1.20 bits per heavy atom. The van der Waals surface area contributed by atoms with Crippen LogP contribution in [-0.4, -0.2) is 12.7 Å². The third kappa shape index (κ3) is 1.07. The largest absolute Gasteiger partial charge is 0.373 e. The molecule has 1 saturated heterocycles. The third-order valence-electron chi connectivity index (χ3n) is 3.11. The lowest BCUT2D eigenvalue weighted by Crippen LogP contribution is -2.26. The van der Waals surface area contributed by atoms with Crippen LogP contribution in [-0.2, 0) is 4.74 Å². The van der Waals surface area contributed by atoms with Crippen LogP contribution in [0.2, 0.25) is 0 Å². The average molecular weight is 140 g/mol. The van der Waals surface area contributed by atoms with Crippen molar-refractivity contribution in [3.8, 4) is 0 Å². The Labute approximate surface area is 62.8 Å². The van der Waals surface area contributed by atoms with Crippen molar-refractivity contribution < 1.29 is 4.74 Å². The Bertz CT molecular complexity index is 121. The quantitative estimate of drug-likeness (QED) is 0.509. The molecule has 2 rings (SSSR count). The highest BCUT2D eigenvalue weighted by Crippen LogP contribution is 2.44. The SMILES string of the molecule is CC1(C2CO2)CCCCC1. The molecular formula is C9H16O. The number of epoxide rings is 1. The van der Waals surface area contributed by atoms with E-state index in [0.717, 1.165) is 6.61 Å². The number of hydrogen-bond acceptors (Lipinski definition) is 1. The predicted molar refractivity (Wildman–Crippen MR) is 40.9 cm³/mol. The maximum Gasteiger partial charge on any atom is 0.0863 e. The van der Waals surface area contributed by atoms with Crippen LogP contribution < -0.4 is 0 Å². The van der Waals surface area contributed by atoms with Crippen LogP contribution >= 0.6 is 0 Å². The van der Waals surface area contributed by atoms with E-state index in [1.807, 2.05) is 0 Å². The number of rotatable bonds is 1. The summed E-state index contributed by atoms with van der Waals surface area (Å²) in [6.07, 6.45) is 7.73. The first-order chi connectivity index (χ1) is 4.81. The van der Waals surface area contributed by atoms with Crippen molar-refractivity contribution in [2.45, 2.75) is 45.1 Å². The summed E-state index contributed by atoms with van der Waals surface area (Å²) in [5.41, 5.74) is 0.568. The van der Waals surface area contributed by atoms with Gasteiger partial charge in [0, 0.05) is 0 Å². The van der Waals surface area contributed by atoms with Crippen LogP contribution in [0.1, 0.15) is 39.0 Å². The fourth-order valence-corrected chi connectivity index (χ4v) is 2.13. The highest BCUT2D eigenvalue weighted by atomic mass is 16.6. The van der Waals surface area contributed by atoms with Gasteiger partial charge in [0.1, 0.15) is 0 Å². The van der Waals surface area contributed by atoms with Gasteiger partial charge in [-0.3, -0.25) is 0 Å². The van der Waals surface area contributed by atoms with Crippen molar-refractivity contribution in [3.63, 3.8) is 0 Å². The average Bonchev–Trinajstić information content (AvgIpc) is 2.69. The van der Waals surface area contributed by atoms with Gasteiger partial charge in [-0.05, 0) is 18.3 Å². The molecule has 0 aromatic rings. The van der Waals surface area contributed by atoms with E-state index in [2.05, 4.69) is 6.92 Å². The van der Waals surface area contributed by atoms with Gasteiger partial charge in [0.15, 0.2) is 0 Å². The minimum Gasteiger partial charge on any atom is -0.373 e. The molecule has 2 fully saturated rings. The minimum absolute atomic E-state index is 0.568. The maximum absolute atomic E-state index is 5.35. The topological polar surface area (TPSA) is 12.5 Å². The van der Waals surface area contributed by atoms with E-state index < -0.39 is 0 Å². The van der Waals surface area contributed by atoms with Crippen LogP contribution in [0.4, 0.5) is 0 Å². The van der Waals surface area contributed by atoms with Crippen LogP contribution in [0.25, 0.3) is 0 Å². The van der Waals surface area contributed by atoms with Crippen LogP contribution in [0, 0.1) is 5.41 Å². The van der Waals surface area contributed by atoms with Crippen molar-refractivity contribution in [1.82, 2.24) is 0 Å². The molecule has 58 valence electrons. The summed E-state index contributed by atoms with van der Waals surface area (Å²) < 4.78 is 5.35. The number of ether oxygens (including phenoxy) is 1. The van der Waals surface area contributed by atoms with Gasteiger partial charge in [0.05, 0.1) is 12.7 Å². The summed E-state index contributed by atoms with van der Waals surface area (Å²) in [7, 11) is 0. The molecule has 1 atom stereocenters. The van der Waals surface area contributed by atoms with E-state index in [4.69, 9.17) is 4.74 Å². The molecule has 10 heavy (non-hydrogen) atoms. The van der Waals surface area contributed by atoms with Gasteiger partial charge in [-0.1, -0.05) is 26.2 Å². The lowest BCUT2D eigenvalue weighted by atomic mass is 9.73. The van der Waals surface area contributed by atoms with Gasteiger partial charge in [-0.2, -0.15) is 0 Å². The summed E-state index contributed by atoms with van der Waals surface area (Å²) in [6.45, 7) is 3.43. The first kappa shape index (κ1) is 6.66. The molecule has 1 nitrogen and oxygen atoms in total. The molecule has 0 N–H and O–H groups in total. The Balaban J connectivity index is 1.97. The van der Waals surface area contributed by atoms with Crippen LogP contribution in [0.15, 0.2) is 0 Å². The second kappa shape index (κ2) is 2.23. The van der Waals surface area contributed by atoms with E-state index in [0.29, 0.717) is 11.5 Å². The third-order valence-corrected chi connectivity index (χ3v) is 3.11. The van der Waals surface area contributed by atoms with E-state index in [-0.39, 0.29) is 0 Å². The summed E-state index contributed by atoms with van der Waals surface area (Å²) >= 11 is 0. The fourth-order valence-electron chi connectivity index (χ4n) is 2.13. The minimum atomic E-state index is 0.568. The van der Waals surface area contributed by atoms with Crippen molar-refractivity contribution >= 4 is 0 Å². The first-order valence-corrected chi connectivity index (χ1v) is 4.43. The van der Waals surface area contributed by atoms with E-state index in [1.54, 1.807) is 0 Å². The zero-order valence-corrected chi connectivity index (χ0v) is 6.73. The smallest absolute Gasteiger partial charge is 0.0863 e. The molecule has 2 aliphatic rings. The van der Waals surface area contributed by atoms with Crippen LogP contribution in [0.5, 0.6) is 0 Å². The Hall–Kier alpha value is -0.0400. The molecule has 1 unspecified atom stereocenters. The standard InChI is InChI=1S/C9H16O/c1-9(8-7-10-8)5-3-2-4-6-9/h8H,2-7H2,1H3. The Morgan fingerprint density at radius 2 is 1.80 bits per heavy atom. The summed E-state index contributed by atoms with van der Waals surface area (Å²) in [4.78, 5) is 0. The van der Waals surface area contributed by atoms with Crippen LogP contribution in [0.3, 0.4) is 0 Å². The first-order valence-electron chi connectivity index (χ1n) is 4.43. The second-order valence-electron chi connectivity index (χ2n) is 4.04. The van der Waals surface area contributed by atoms with Gasteiger partial charge in [-0.25, -0.2) is 0 Å². The van der Waals surface area contributed by atoms with Gasteiger partial charge < -0.3 is 4.74 Å². The van der Waals surface area contributed by atoms with Gasteiger partial charge in [0.25, 0.3) is 0 Å². The molecule has 1 aliphatic heterocycles. The summed E-state index contributed by atoms with van der Waals surface area (Å²) in [6, 6.07) is 0. The molecule has 0 amide bonds. The zero-order valence-electron chi connectivity index (χ0n) is 6.73. The maximum atomic E-state index is 5.35. The van der Waals surface area contributed by atoms with Gasteiger partial charge in [0.2, 0.25) is 0 Å². The Kier molecular flexibility index (Phi) is 1.48. The van der Waals surface area contributed by atoms with Crippen molar-refractivity contribution in [2.75, 3.05) is 6.61 Å². The monoisotopic (exact) mass is 140 g/mol. The normalized spacial score (nSPS) is 37.5. The molecule has 1 heterocycles. The van der Waals surface area contributed by atoms with E-state index in [1.165, 1.54) is 32.1 Å². The highest BCUT2D eigenvalue weighted by molar-refractivity contribution is 4.91. The number of hydrogen-bond donors (Lipinski definition) is 0. The summed E-state index contributed by atoms with van der Waals surface area (Å²) in [5, 5.41) is 0. The van der Waals surface area contributed by atoms with Gasteiger partial charge >= 0.3 is 0 Å². The van der Waals surface area contributed by atoms with E-state index in [9.17, 15) is 0 Å². The summed E-state index contributed by atoms with van der Waals surface area (Å²) in [5.74, 6) is 0. The van der Waals surface area contributed by atoms with Crippen molar-refractivity contribution in [1.29, 1.82) is 0 Å². The molecule has 0 bridgehead atoms. The molecule has 0 spiro atoms. The second-order valence-corrected chi connectivity index (χ2v) is 4.04. The molecule has 0 aromatic heterocycles. The molecule has 1 aliphatic carbocycles. The van der Waals surface area contributed by atoms with E-state index >= 15 is 0 Å². The Morgan fingerprint density at radius 3 is 2.30 bits per heavy atom. The predicted octanol–water partition coefficient (Wildman–Crippen LogP) is 2.36. The lowest BCUT2D eigenvalue weighted by Gasteiger charge is -2.31. The lowest BCUT2D eigenvalue weighted by molar-refractivity contribution is 0.154. The van der Waals surface area contributed by atoms with Crippen molar-refractivity contribution in [3.05, 3.63) is 0 Å². The van der Waals surface area contributed by atoms with Gasteiger partial charge in [-0.15, -0.1) is 0 Å². The molecule has 0 radical (unpaired) electrons. The molecular weight excluding hydrogens is 124 g/mol. The molecule has 1 saturated carbocycles. The molecule has 1 heteroatoms. The van der Waals surface area contributed by atoms with Crippen molar-refractivity contribution in [2.24, 2.45) is 5.41 Å². The molecule has 0 aromatic carbocycles. The zero-order chi connectivity index (χ0) is 7.03. The highest BCUT2D eigenvalue weighted by Gasteiger charge is 2.43.